The average molecular weight is 351 g/mol. The minimum absolute atomic E-state index is 0.178. The molecule has 0 spiro atoms. The van der Waals surface area contributed by atoms with Crippen molar-refractivity contribution < 1.29 is 4.79 Å². The summed E-state index contributed by atoms with van der Waals surface area (Å²) in [4.78, 5) is 17.1. The van der Waals surface area contributed by atoms with Crippen LogP contribution < -0.4 is 4.90 Å². The minimum Gasteiger partial charge on any atom is -0.341 e. The summed E-state index contributed by atoms with van der Waals surface area (Å²) in [6.07, 6.45) is 4.56. The quantitative estimate of drug-likeness (QED) is 0.713. The number of benzene rings is 2. The molecule has 0 N–H and O–H groups in total. The van der Waals surface area contributed by atoms with Crippen LogP contribution in [-0.4, -0.2) is 30.4 Å². The fourth-order valence-electron chi connectivity index (χ4n) is 3.78. The van der Waals surface area contributed by atoms with Gasteiger partial charge in [-0.15, -0.1) is 0 Å². The lowest BCUT2D eigenvalue weighted by molar-refractivity contribution is 0.0724. The van der Waals surface area contributed by atoms with E-state index in [0.29, 0.717) is 0 Å². The van der Waals surface area contributed by atoms with Crippen LogP contribution in [0.3, 0.4) is 0 Å². The van der Waals surface area contributed by atoms with Gasteiger partial charge in [-0.3, -0.25) is 4.79 Å². The van der Waals surface area contributed by atoms with Gasteiger partial charge < -0.3 is 9.80 Å². The third-order valence-corrected chi connectivity index (χ3v) is 5.14. The number of hydrogen-bond acceptors (Lipinski definition) is 2. The molecule has 1 aliphatic heterocycles. The summed E-state index contributed by atoms with van der Waals surface area (Å²) >= 11 is 0. The van der Waals surface area contributed by atoms with Crippen LogP contribution in [0.4, 0.5) is 11.4 Å². The van der Waals surface area contributed by atoms with E-state index in [1.165, 1.54) is 23.4 Å². The standard InChI is InChI=1S/C23H30N2O/c1-4-13-25(21-10-8-9-18(2)16-21)22-12-11-20(17-19(22)3)23(26)24-14-6-5-7-15-24/h8-12,16-17H,4-7,13-15H2,1-3H3. The number of nitrogens with zero attached hydrogens (tertiary/aromatic N) is 2. The van der Waals surface area contributed by atoms with E-state index in [-0.39, 0.29) is 5.91 Å². The van der Waals surface area contributed by atoms with Crippen LogP contribution in [0.1, 0.15) is 54.1 Å². The minimum atomic E-state index is 0.178. The third kappa shape index (κ3) is 4.09. The molecule has 1 amide bonds. The van der Waals surface area contributed by atoms with Crippen molar-refractivity contribution in [2.24, 2.45) is 0 Å². The zero-order valence-electron chi connectivity index (χ0n) is 16.3. The first-order valence-corrected chi connectivity index (χ1v) is 9.84. The summed E-state index contributed by atoms with van der Waals surface area (Å²) in [5, 5.41) is 0. The van der Waals surface area contributed by atoms with Crippen molar-refractivity contribution in [1.82, 2.24) is 4.90 Å². The predicted octanol–water partition coefficient (Wildman–Crippen LogP) is 5.48. The molecule has 1 saturated heterocycles. The fourth-order valence-corrected chi connectivity index (χ4v) is 3.78. The number of amides is 1. The van der Waals surface area contributed by atoms with Crippen LogP contribution in [0.15, 0.2) is 42.5 Å². The molecule has 0 bridgehead atoms. The number of aryl methyl sites for hydroxylation is 2. The largest absolute Gasteiger partial charge is 0.341 e. The summed E-state index contributed by atoms with van der Waals surface area (Å²) in [7, 11) is 0. The Bertz CT molecular complexity index is 763. The van der Waals surface area contributed by atoms with E-state index in [1.54, 1.807) is 0 Å². The van der Waals surface area contributed by atoms with E-state index in [2.05, 4.69) is 62.1 Å². The highest BCUT2D eigenvalue weighted by atomic mass is 16.2. The van der Waals surface area contributed by atoms with Crippen molar-refractivity contribution >= 4 is 17.3 Å². The summed E-state index contributed by atoms with van der Waals surface area (Å²) < 4.78 is 0. The van der Waals surface area contributed by atoms with Crippen molar-refractivity contribution in [2.75, 3.05) is 24.5 Å². The second-order valence-electron chi connectivity index (χ2n) is 7.34. The molecule has 3 heteroatoms. The first-order chi connectivity index (χ1) is 12.6. The molecule has 2 aromatic rings. The summed E-state index contributed by atoms with van der Waals surface area (Å²) in [6, 6.07) is 14.8. The maximum atomic E-state index is 12.8. The summed E-state index contributed by atoms with van der Waals surface area (Å²) in [5.41, 5.74) is 5.63. The summed E-state index contributed by atoms with van der Waals surface area (Å²) in [5.74, 6) is 0.178. The number of carbonyl (C=O) groups excluding carboxylic acids is 1. The van der Waals surface area contributed by atoms with Crippen molar-refractivity contribution in [2.45, 2.75) is 46.5 Å². The van der Waals surface area contributed by atoms with Gasteiger partial charge in [-0.25, -0.2) is 0 Å². The molecule has 3 rings (SSSR count). The van der Waals surface area contributed by atoms with Crippen LogP contribution in [0.5, 0.6) is 0 Å². The Morgan fingerprint density at radius 2 is 1.81 bits per heavy atom. The molecular weight excluding hydrogens is 320 g/mol. The van der Waals surface area contributed by atoms with Crippen LogP contribution in [0.2, 0.25) is 0 Å². The first kappa shape index (κ1) is 18.5. The van der Waals surface area contributed by atoms with Gasteiger partial charge in [0.15, 0.2) is 0 Å². The van der Waals surface area contributed by atoms with Crippen molar-refractivity contribution in [3.63, 3.8) is 0 Å². The number of likely N-dealkylation sites (tertiary alicyclic amines) is 1. The topological polar surface area (TPSA) is 23.6 Å². The Balaban J connectivity index is 1.88. The van der Waals surface area contributed by atoms with E-state index >= 15 is 0 Å². The fraction of sp³-hybridized carbons (Fsp3) is 0.435. The molecule has 26 heavy (non-hydrogen) atoms. The lowest BCUT2D eigenvalue weighted by Gasteiger charge is -2.29. The Labute approximate surface area is 157 Å². The van der Waals surface area contributed by atoms with Crippen LogP contribution in [0.25, 0.3) is 0 Å². The molecule has 1 heterocycles. The van der Waals surface area contributed by atoms with Gasteiger partial charge in [0, 0.05) is 36.6 Å². The molecule has 138 valence electrons. The van der Waals surface area contributed by atoms with Crippen LogP contribution in [0, 0.1) is 13.8 Å². The zero-order valence-corrected chi connectivity index (χ0v) is 16.3. The van der Waals surface area contributed by atoms with Gasteiger partial charge in [-0.1, -0.05) is 19.1 Å². The Hall–Kier alpha value is -2.29. The van der Waals surface area contributed by atoms with E-state index in [9.17, 15) is 4.79 Å². The lowest BCUT2D eigenvalue weighted by Crippen LogP contribution is -2.35. The highest BCUT2D eigenvalue weighted by molar-refractivity contribution is 5.95. The molecule has 3 nitrogen and oxygen atoms in total. The maximum absolute atomic E-state index is 12.8. The van der Waals surface area contributed by atoms with Gasteiger partial charge in [0.25, 0.3) is 5.91 Å². The van der Waals surface area contributed by atoms with Gasteiger partial charge in [0.05, 0.1) is 0 Å². The molecular formula is C23H30N2O. The number of carbonyl (C=O) groups is 1. The number of piperidine rings is 1. The van der Waals surface area contributed by atoms with Gasteiger partial charge >= 0.3 is 0 Å². The zero-order chi connectivity index (χ0) is 18.5. The second kappa shape index (κ2) is 8.39. The average Bonchev–Trinajstić information content (AvgIpc) is 2.66. The number of rotatable bonds is 5. The molecule has 2 aromatic carbocycles. The monoisotopic (exact) mass is 350 g/mol. The lowest BCUT2D eigenvalue weighted by atomic mass is 10.0. The highest BCUT2D eigenvalue weighted by Gasteiger charge is 2.19. The SMILES string of the molecule is CCCN(c1cccc(C)c1)c1ccc(C(=O)N2CCCCC2)cc1C. The highest BCUT2D eigenvalue weighted by Crippen LogP contribution is 2.30. The van der Waals surface area contributed by atoms with Crippen molar-refractivity contribution in [3.05, 3.63) is 59.2 Å². The van der Waals surface area contributed by atoms with E-state index in [0.717, 1.165) is 50.0 Å². The molecule has 0 radical (unpaired) electrons. The maximum Gasteiger partial charge on any atom is 0.253 e. The Kier molecular flexibility index (Phi) is 5.97. The van der Waals surface area contributed by atoms with Gasteiger partial charge in [0.1, 0.15) is 0 Å². The van der Waals surface area contributed by atoms with E-state index < -0.39 is 0 Å². The van der Waals surface area contributed by atoms with Gasteiger partial charge in [-0.2, -0.15) is 0 Å². The summed E-state index contributed by atoms with van der Waals surface area (Å²) in [6.45, 7) is 9.19. The molecule has 0 unspecified atom stereocenters. The smallest absolute Gasteiger partial charge is 0.253 e. The normalized spacial score (nSPS) is 14.3. The molecule has 0 aromatic heterocycles. The molecule has 0 atom stereocenters. The second-order valence-corrected chi connectivity index (χ2v) is 7.34. The van der Waals surface area contributed by atoms with Crippen LogP contribution in [-0.2, 0) is 0 Å². The molecule has 1 fully saturated rings. The Morgan fingerprint density at radius 3 is 2.46 bits per heavy atom. The molecule has 1 aliphatic rings. The third-order valence-electron chi connectivity index (χ3n) is 5.14. The van der Waals surface area contributed by atoms with Crippen LogP contribution >= 0.6 is 0 Å². The van der Waals surface area contributed by atoms with Crippen molar-refractivity contribution in [3.8, 4) is 0 Å². The van der Waals surface area contributed by atoms with E-state index in [4.69, 9.17) is 0 Å². The number of hydrogen-bond donors (Lipinski definition) is 0. The molecule has 0 saturated carbocycles. The Morgan fingerprint density at radius 1 is 1.04 bits per heavy atom. The van der Waals surface area contributed by atoms with Crippen molar-refractivity contribution in [1.29, 1.82) is 0 Å². The van der Waals surface area contributed by atoms with Gasteiger partial charge in [-0.05, 0) is 81.0 Å². The van der Waals surface area contributed by atoms with E-state index in [1.807, 2.05) is 11.0 Å². The molecule has 0 aliphatic carbocycles. The van der Waals surface area contributed by atoms with Gasteiger partial charge in [0.2, 0.25) is 0 Å². The predicted molar refractivity (Wildman–Crippen MR) is 109 cm³/mol. The number of anilines is 2. The first-order valence-electron chi connectivity index (χ1n) is 9.84.